The molecule has 1 saturated heterocycles. The van der Waals surface area contributed by atoms with Crippen molar-refractivity contribution in [2.24, 2.45) is 0 Å². The molecule has 5 heteroatoms. The zero-order valence-electron chi connectivity index (χ0n) is 11.2. The molecular formula is C14H18F2N2O. The largest absolute Gasteiger partial charge is 0.341 e. The van der Waals surface area contributed by atoms with Gasteiger partial charge in [0.15, 0.2) is 11.6 Å². The number of carbonyl (C=O) groups is 1. The van der Waals surface area contributed by atoms with Crippen LogP contribution in [-0.2, 0) is 11.3 Å². The number of hydrogen-bond acceptors (Lipinski definition) is 2. The van der Waals surface area contributed by atoms with E-state index in [9.17, 15) is 13.6 Å². The molecule has 0 saturated carbocycles. The summed E-state index contributed by atoms with van der Waals surface area (Å²) >= 11 is 0. The van der Waals surface area contributed by atoms with Crippen LogP contribution in [0.2, 0.25) is 0 Å². The van der Waals surface area contributed by atoms with Crippen molar-refractivity contribution in [3.8, 4) is 0 Å². The van der Waals surface area contributed by atoms with Crippen LogP contribution in [0.4, 0.5) is 8.78 Å². The van der Waals surface area contributed by atoms with Crippen molar-refractivity contribution >= 4 is 5.91 Å². The van der Waals surface area contributed by atoms with Crippen molar-refractivity contribution in [1.82, 2.24) is 10.2 Å². The first-order valence-corrected chi connectivity index (χ1v) is 6.47. The molecule has 1 aromatic rings. The van der Waals surface area contributed by atoms with E-state index in [1.807, 2.05) is 6.92 Å². The Bertz CT molecular complexity index is 491. The Morgan fingerprint density at radius 3 is 2.74 bits per heavy atom. The molecule has 1 N–H and O–H groups in total. The average Bonchev–Trinajstić information content (AvgIpc) is 2.75. The molecule has 1 amide bonds. The Kier molecular flexibility index (Phi) is 4.14. The maximum absolute atomic E-state index is 13.7. The molecule has 3 nitrogen and oxygen atoms in total. The number of nitrogens with zero attached hydrogens (tertiary/aromatic N) is 1. The summed E-state index contributed by atoms with van der Waals surface area (Å²) in [6, 6.07) is 3.15. The maximum Gasteiger partial charge on any atom is 0.224 e. The fraction of sp³-hybridized carbons (Fsp3) is 0.500. The van der Waals surface area contributed by atoms with Crippen LogP contribution >= 0.6 is 0 Å². The van der Waals surface area contributed by atoms with E-state index < -0.39 is 11.6 Å². The summed E-state index contributed by atoms with van der Waals surface area (Å²) in [5, 5.41) is 3.11. The van der Waals surface area contributed by atoms with Gasteiger partial charge in [0.1, 0.15) is 0 Å². The molecule has 0 aliphatic carbocycles. The Hall–Kier alpha value is -1.49. The quantitative estimate of drug-likeness (QED) is 0.905. The third-order valence-corrected chi connectivity index (χ3v) is 3.53. The number of halogens is 2. The van der Waals surface area contributed by atoms with Crippen LogP contribution in [0.15, 0.2) is 12.1 Å². The summed E-state index contributed by atoms with van der Waals surface area (Å²) in [6.45, 7) is 5.01. The highest BCUT2D eigenvalue weighted by molar-refractivity contribution is 5.79. The van der Waals surface area contributed by atoms with E-state index in [-0.39, 0.29) is 18.5 Å². The molecule has 1 aliphatic heterocycles. The van der Waals surface area contributed by atoms with Crippen LogP contribution in [-0.4, -0.2) is 29.9 Å². The van der Waals surface area contributed by atoms with E-state index in [2.05, 4.69) is 5.32 Å². The fourth-order valence-electron chi connectivity index (χ4n) is 2.29. The number of amides is 1. The van der Waals surface area contributed by atoms with Crippen molar-refractivity contribution in [1.29, 1.82) is 0 Å². The zero-order chi connectivity index (χ0) is 14.0. The predicted molar refractivity (Wildman–Crippen MR) is 68.6 cm³/mol. The number of hydrogen-bond donors (Lipinski definition) is 1. The van der Waals surface area contributed by atoms with Crippen molar-refractivity contribution in [2.75, 3.05) is 13.1 Å². The highest BCUT2D eigenvalue weighted by Crippen LogP contribution is 2.17. The third-order valence-electron chi connectivity index (χ3n) is 3.53. The molecule has 1 fully saturated rings. The van der Waals surface area contributed by atoms with E-state index in [1.54, 1.807) is 17.0 Å². The molecular weight excluding hydrogens is 250 g/mol. The van der Waals surface area contributed by atoms with Crippen molar-refractivity contribution in [2.45, 2.75) is 32.9 Å². The van der Waals surface area contributed by atoms with E-state index in [4.69, 9.17) is 0 Å². The van der Waals surface area contributed by atoms with Gasteiger partial charge in [-0.05, 0) is 19.4 Å². The molecule has 1 atom stereocenters. The van der Waals surface area contributed by atoms with E-state index in [0.717, 1.165) is 0 Å². The highest BCUT2D eigenvalue weighted by atomic mass is 19.2. The smallest absolute Gasteiger partial charge is 0.224 e. The van der Waals surface area contributed by atoms with Crippen molar-refractivity contribution in [3.63, 3.8) is 0 Å². The van der Waals surface area contributed by atoms with Crippen LogP contribution in [0, 0.1) is 18.6 Å². The topological polar surface area (TPSA) is 32.3 Å². The molecule has 0 radical (unpaired) electrons. The standard InChI is InChI=1S/C14H18F2N2O/c1-3-18-8-11(6-12(18)19)17-7-10-5-4-9(2)13(15)14(10)16/h4-5,11,17H,3,6-8H2,1-2H3/t11-/m0/s1. The first-order valence-electron chi connectivity index (χ1n) is 6.47. The van der Waals surface area contributed by atoms with E-state index in [0.29, 0.717) is 30.6 Å². The summed E-state index contributed by atoms with van der Waals surface area (Å²) in [5.41, 5.74) is 0.597. The molecule has 1 aromatic carbocycles. The van der Waals surface area contributed by atoms with Gasteiger partial charge in [0.2, 0.25) is 5.91 Å². The SMILES string of the molecule is CCN1C[C@@H](NCc2ccc(C)c(F)c2F)CC1=O. The normalized spacial score (nSPS) is 19.3. The minimum Gasteiger partial charge on any atom is -0.341 e. The van der Waals surface area contributed by atoms with Gasteiger partial charge >= 0.3 is 0 Å². The van der Waals surface area contributed by atoms with Gasteiger partial charge in [-0.2, -0.15) is 0 Å². The Morgan fingerprint density at radius 1 is 1.37 bits per heavy atom. The highest BCUT2D eigenvalue weighted by Gasteiger charge is 2.28. The van der Waals surface area contributed by atoms with Gasteiger partial charge in [0.25, 0.3) is 0 Å². The van der Waals surface area contributed by atoms with Gasteiger partial charge in [-0.15, -0.1) is 0 Å². The van der Waals surface area contributed by atoms with Crippen LogP contribution in [0.25, 0.3) is 0 Å². The molecule has 0 unspecified atom stereocenters. The lowest BCUT2D eigenvalue weighted by molar-refractivity contribution is -0.127. The number of nitrogens with one attached hydrogen (secondary N) is 1. The van der Waals surface area contributed by atoms with E-state index in [1.165, 1.54) is 6.92 Å². The predicted octanol–water partition coefficient (Wildman–Crippen LogP) is 1.98. The Morgan fingerprint density at radius 2 is 2.11 bits per heavy atom. The minimum absolute atomic E-state index is 0.0104. The monoisotopic (exact) mass is 268 g/mol. The fourth-order valence-corrected chi connectivity index (χ4v) is 2.29. The van der Waals surface area contributed by atoms with Crippen molar-refractivity contribution < 1.29 is 13.6 Å². The lowest BCUT2D eigenvalue weighted by atomic mass is 10.1. The molecule has 1 aliphatic rings. The number of likely N-dealkylation sites (N-methyl/N-ethyl adjacent to an activating group) is 1. The number of aryl methyl sites for hydroxylation is 1. The first-order chi connectivity index (χ1) is 9.02. The molecule has 1 heterocycles. The average molecular weight is 268 g/mol. The van der Waals surface area contributed by atoms with Gasteiger partial charge in [0.05, 0.1) is 0 Å². The Balaban J connectivity index is 1.97. The Labute approximate surface area is 111 Å². The number of rotatable bonds is 4. The van der Waals surface area contributed by atoms with Gasteiger partial charge in [-0.1, -0.05) is 12.1 Å². The number of carbonyl (C=O) groups excluding carboxylic acids is 1. The van der Waals surface area contributed by atoms with Crippen LogP contribution < -0.4 is 5.32 Å². The summed E-state index contributed by atoms with van der Waals surface area (Å²) in [6.07, 6.45) is 0.420. The van der Waals surface area contributed by atoms with Gasteiger partial charge in [0, 0.05) is 37.7 Å². The summed E-state index contributed by atoms with van der Waals surface area (Å²) in [7, 11) is 0. The van der Waals surface area contributed by atoms with Crippen LogP contribution in [0.3, 0.4) is 0 Å². The first kappa shape index (κ1) is 13.9. The van der Waals surface area contributed by atoms with Gasteiger partial charge < -0.3 is 10.2 Å². The number of likely N-dealkylation sites (tertiary alicyclic amines) is 1. The molecule has 2 rings (SSSR count). The third kappa shape index (κ3) is 2.92. The lowest BCUT2D eigenvalue weighted by Crippen LogP contribution is -2.32. The molecule has 0 spiro atoms. The van der Waals surface area contributed by atoms with Gasteiger partial charge in [-0.3, -0.25) is 4.79 Å². The summed E-state index contributed by atoms with van der Waals surface area (Å²) < 4.78 is 27.1. The number of benzene rings is 1. The second-order valence-corrected chi connectivity index (χ2v) is 4.88. The molecule has 104 valence electrons. The maximum atomic E-state index is 13.7. The summed E-state index contributed by atoms with van der Waals surface area (Å²) in [4.78, 5) is 13.3. The minimum atomic E-state index is -0.802. The second kappa shape index (κ2) is 5.65. The van der Waals surface area contributed by atoms with E-state index >= 15 is 0 Å². The van der Waals surface area contributed by atoms with Crippen molar-refractivity contribution in [3.05, 3.63) is 34.9 Å². The summed E-state index contributed by atoms with van der Waals surface area (Å²) in [5.74, 6) is -1.49. The second-order valence-electron chi connectivity index (χ2n) is 4.88. The zero-order valence-corrected chi connectivity index (χ0v) is 11.2. The van der Waals surface area contributed by atoms with Crippen LogP contribution in [0.5, 0.6) is 0 Å². The van der Waals surface area contributed by atoms with Gasteiger partial charge in [-0.25, -0.2) is 8.78 Å². The molecule has 19 heavy (non-hydrogen) atoms. The molecule has 0 aromatic heterocycles. The lowest BCUT2D eigenvalue weighted by Gasteiger charge is -2.15. The molecule has 0 bridgehead atoms. The van der Waals surface area contributed by atoms with Crippen LogP contribution in [0.1, 0.15) is 24.5 Å².